The molecule has 0 saturated carbocycles. The van der Waals surface area contributed by atoms with Gasteiger partial charge in [-0.15, -0.1) is 0 Å². The minimum atomic E-state index is -1.22. The number of cyclic esters (lactones) is 1. The van der Waals surface area contributed by atoms with Crippen molar-refractivity contribution in [1.29, 1.82) is 0 Å². The molecule has 8 atom stereocenters. The minimum Gasteiger partial charge on any atom is -0.460 e. The van der Waals surface area contributed by atoms with Crippen LogP contribution in [-0.2, 0) is 76.5 Å². The van der Waals surface area contributed by atoms with Crippen molar-refractivity contribution < 1.29 is 76.5 Å². The number of nitrogens with one attached hydrogen (secondary N) is 8. The van der Waals surface area contributed by atoms with E-state index in [1.54, 1.807) is 87.5 Å². The van der Waals surface area contributed by atoms with E-state index in [9.17, 15) is 57.5 Å². The fourth-order valence-electron chi connectivity index (χ4n) is 7.34. The molecule has 3 rings (SSSR count). The largest absolute Gasteiger partial charge is 0.460 e. The molecule has 2 bridgehead atoms. The molecule has 3 aliphatic rings. The lowest BCUT2D eigenvalue weighted by Gasteiger charge is -2.27. The molecule has 2 saturated heterocycles. The first-order valence-corrected chi connectivity index (χ1v) is 30.1. The van der Waals surface area contributed by atoms with Gasteiger partial charge in [-0.2, -0.15) is 25.3 Å². The fourth-order valence-corrected chi connectivity index (χ4v) is 9.90. The van der Waals surface area contributed by atoms with Gasteiger partial charge in [0.2, 0.25) is 47.3 Å². The van der Waals surface area contributed by atoms with Crippen molar-refractivity contribution in [2.24, 2.45) is 11.8 Å². The summed E-state index contributed by atoms with van der Waals surface area (Å²) in [7, 11) is 2.87. The van der Waals surface area contributed by atoms with Crippen molar-refractivity contribution in [1.82, 2.24) is 42.5 Å². The zero-order chi connectivity index (χ0) is 60.3. The Morgan fingerprint density at radius 3 is 1.62 bits per heavy atom. The number of thiol groups is 2. The molecule has 0 aromatic carbocycles. The molecule has 0 aromatic rings. The van der Waals surface area contributed by atoms with E-state index in [1.807, 2.05) is 0 Å². The van der Waals surface area contributed by atoms with Crippen LogP contribution in [0.2, 0.25) is 0 Å². The number of esters is 4. The normalized spacial score (nSPS) is 25.5. The second kappa shape index (κ2) is 35.4. The molecule has 3 heterocycles. The van der Waals surface area contributed by atoms with E-state index >= 15 is 0 Å². The van der Waals surface area contributed by atoms with E-state index in [0.29, 0.717) is 24.3 Å². The maximum atomic E-state index is 13.4. The maximum Gasteiger partial charge on any atom is 0.326 e. The van der Waals surface area contributed by atoms with Gasteiger partial charge in [0.25, 0.3) is 0 Å². The number of carbonyl (C=O) groups is 12. The van der Waals surface area contributed by atoms with Crippen LogP contribution in [-0.4, -0.2) is 167 Å². The summed E-state index contributed by atoms with van der Waals surface area (Å²) in [4.78, 5) is 154. The lowest BCUT2D eigenvalue weighted by atomic mass is 10.0. The van der Waals surface area contributed by atoms with Crippen LogP contribution in [0.3, 0.4) is 0 Å². The van der Waals surface area contributed by atoms with E-state index < -0.39 is 144 Å². The highest BCUT2D eigenvalue weighted by molar-refractivity contribution is 8.76. The van der Waals surface area contributed by atoms with E-state index in [2.05, 4.69) is 67.8 Å². The summed E-state index contributed by atoms with van der Waals surface area (Å²) in [6.07, 6.45) is 4.68. The molecular formula is C52H82N8O16S4. The highest BCUT2D eigenvalue weighted by atomic mass is 33.1. The first-order chi connectivity index (χ1) is 37.4. The summed E-state index contributed by atoms with van der Waals surface area (Å²) in [5.74, 6) is -7.18. The lowest BCUT2D eigenvalue weighted by molar-refractivity contribution is -0.156. The summed E-state index contributed by atoms with van der Waals surface area (Å²) in [6, 6.07) is -6.56. The van der Waals surface area contributed by atoms with Gasteiger partial charge in [-0.1, -0.05) is 61.4 Å². The molecule has 3 aliphatic heterocycles. The van der Waals surface area contributed by atoms with Crippen LogP contribution in [0.4, 0.5) is 0 Å². The fraction of sp³-hybridized carbons (Fsp3) is 0.692. The highest BCUT2D eigenvalue weighted by Gasteiger charge is 2.35. The molecule has 2 fully saturated rings. The van der Waals surface area contributed by atoms with Crippen LogP contribution in [0.1, 0.15) is 121 Å². The second-order valence-electron chi connectivity index (χ2n) is 21.4. The van der Waals surface area contributed by atoms with Gasteiger partial charge in [0, 0.05) is 30.1 Å². The number of hydrogen-bond acceptors (Lipinski definition) is 20. The average Bonchev–Trinajstić information content (AvgIpc) is 3.34. The summed E-state index contributed by atoms with van der Waals surface area (Å²) < 4.78 is 21.5. The van der Waals surface area contributed by atoms with Gasteiger partial charge in [0.1, 0.15) is 72.8 Å². The Hall–Kier alpha value is -5.48. The summed E-state index contributed by atoms with van der Waals surface area (Å²) in [5, 5.41) is 20.6. The third kappa shape index (κ3) is 28.8. The second-order valence-corrected chi connectivity index (χ2v) is 24.9. The third-order valence-electron chi connectivity index (χ3n) is 11.2. The van der Waals surface area contributed by atoms with E-state index in [4.69, 9.17) is 18.9 Å². The van der Waals surface area contributed by atoms with Gasteiger partial charge in [-0.25, -0.2) is 0 Å². The molecule has 0 spiro atoms. The number of allylic oxidation sites excluding steroid dienone is 2. The van der Waals surface area contributed by atoms with Crippen molar-refractivity contribution in [3.8, 4) is 0 Å². The van der Waals surface area contributed by atoms with Crippen molar-refractivity contribution in [2.75, 3.05) is 36.1 Å². The average molecular weight is 1200 g/mol. The van der Waals surface area contributed by atoms with Gasteiger partial charge in [0.15, 0.2) is 0 Å². The minimum absolute atomic E-state index is 0.0833. The molecule has 450 valence electrons. The van der Waals surface area contributed by atoms with Gasteiger partial charge >= 0.3 is 23.9 Å². The van der Waals surface area contributed by atoms with Crippen LogP contribution in [0.25, 0.3) is 0 Å². The molecule has 8 amide bonds. The zero-order valence-electron chi connectivity index (χ0n) is 47.2. The van der Waals surface area contributed by atoms with Crippen molar-refractivity contribution >= 4 is 118 Å². The van der Waals surface area contributed by atoms with Crippen LogP contribution in [0, 0.1) is 11.8 Å². The predicted molar refractivity (Wildman–Crippen MR) is 307 cm³/mol. The van der Waals surface area contributed by atoms with Crippen molar-refractivity contribution in [3.05, 3.63) is 24.3 Å². The Kier molecular flexibility index (Phi) is 31.2. The number of rotatable bonds is 12. The number of amides is 8. The smallest absolute Gasteiger partial charge is 0.326 e. The topological polar surface area (TPSA) is 338 Å². The zero-order valence-corrected chi connectivity index (χ0v) is 50.6. The third-order valence-corrected chi connectivity index (χ3v) is 14.3. The Morgan fingerprint density at radius 2 is 1.12 bits per heavy atom. The van der Waals surface area contributed by atoms with Gasteiger partial charge < -0.3 is 61.5 Å². The number of hydrogen-bond donors (Lipinski definition) is 10. The molecule has 28 heteroatoms. The molecular weight excluding hydrogens is 1120 g/mol. The molecule has 0 aromatic heterocycles. The molecule has 0 unspecified atom stereocenters. The Morgan fingerprint density at radius 1 is 0.637 bits per heavy atom. The van der Waals surface area contributed by atoms with Gasteiger partial charge in [-0.3, -0.25) is 57.5 Å². The number of carbonyl (C=O) groups excluding carboxylic acids is 12. The predicted octanol–water partition coefficient (Wildman–Crippen LogP) is 1.45. The van der Waals surface area contributed by atoms with Crippen LogP contribution in [0.15, 0.2) is 24.3 Å². The van der Waals surface area contributed by atoms with Gasteiger partial charge in [-0.05, 0) is 97.0 Å². The summed E-state index contributed by atoms with van der Waals surface area (Å²) >= 11 is 8.29. The molecule has 80 heavy (non-hydrogen) atoms. The lowest BCUT2D eigenvalue weighted by Crippen LogP contribution is -2.59. The van der Waals surface area contributed by atoms with E-state index in [-0.39, 0.29) is 61.9 Å². The van der Waals surface area contributed by atoms with Crippen molar-refractivity contribution in [2.45, 2.75) is 180 Å². The van der Waals surface area contributed by atoms with Crippen LogP contribution in [0.5, 0.6) is 0 Å². The van der Waals surface area contributed by atoms with Gasteiger partial charge in [0.05, 0.1) is 12.8 Å². The maximum absolute atomic E-state index is 13.4. The van der Waals surface area contributed by atoms with Crippen molar-refractivity contribution in [3.63, 3.8) is 0 Å². The highest BCUT2D eigenvalue weighted by Crippen LogP contribution is 2.24. The van der Waals surface area contributed by atoms with E-state index in [0.717, 1.165) is 0 Å². The number of fused-ring (bicyclic) bond motifs is 7. The van der Waals surface area contributed by atoms with Crippen LogP contribution >= 0.6 is 46.8 Å². The molecule has 24 nitrogen and oxygen atoms in total. The SMILES string of the molecule is CC(C)[C@H]1NC(=O)[C@@H](CS)NC(=O)[C@@H](CCC(=O)OC(C)(C)C)NC(=O)C[C@@H](/C=C/CCS)OC(=O)CNC1=O.CC(C)[C@H]1NC(=O)[C@H]2CSSCC/C=C/[C@H](CC(=O)N[C@H](CCC(=O)OC(C)(C)C)C(=O)N2)OC(=O)CNC1=O. The first kappa shape index (κ1) is 70.6. The number of ether oxygens (including phenoxy) is 4. The molecule has 8 N–H and O–H groups in total. The Balaban J connectivity index is 0.000000547. The Labute approximate surface area is 487 Å². The van der Waals surface area contributed by atoms with Crippen LogP contribution < -0.4 is 42.5 Å². The van der Waals surface area contributed by atoms with E-state index in [1.165, 1.54) is 27.7 Å². The standard InChI is InChI=1S/C26H40N4O8S2.C26H42N4O8S2/c1-15(2)22-25(36)27-13-21(33)37-16-8-6-7-11-39-40-14-18(24(35)30-22)29-23(34)17(28-19(31)12-16)9-10-20(32)38-26(3,4)5;1-15(2)22-25(36)27-13-21(33)37-16(8-6-7-11-39)12-19(31)28-17(9-10-20(32)38-26(3,4)5)23(34)29-18(14-40)24(35)30-22/h6,8,15-18,22H,7,9-14H2,1-5H3,(H,27,36)(H,28,31)(H,29,34)(H,30,35);6,8,15-18,22,39-40H,7,9-14H2,1-5H3,(H,27,36)(H,28,31)(H,29,34)(H,30,35)/b2*8-6+/t2*16-,17-,18-,22-/m11/s1. The molecule has 0 radical (unpaired) electrons. The summed E-state index contributed by atoms with van der Waals surface area (Å²) in [5.41, 5.74) is -1.47. The first-order valence-electron chi connectivity index (χ1n) is 26.4. The Bertz CT molecular complexity index is 2240. The monoisotopic (exact) mass is 1200 g/mol. The quantitative estimate of drug-likeness (QED) is 0.0435. The molecule has 0 aliphatic carbocycles. The summed E-state index contributed by atoms with van der Waals surface area (Å²) in [6.45, 7) is 16.2.